The highest BCUT2D eigenvalue weighted by Crippen LogP contribution is 2.30. The Kier molecular flexibility index (Phi) is 3.72. The monoisotopic (exact) mass is 225 g/mol. The quantitative estimate of drug-likeness (QED) is 0.719. The van der Waals surface area contributed by atoms with Crippen LogP contribution >= 0.6 is 0 Å². The van der Waals surface area contributed by atoms with E-state index < -0.39 is 0 Å². The van der Waals surface area contributed by atoms with E-state index in [0.717, 1.165) is 43.1 Å². The summed E-state index contributed by atoms with van der Waals surface area (Å²) in [6.07, 6.45) is 6.16. The third kappa shape index (κ3) is 2.62. The highest BCUT2D eigenvalue weighted by molar-refractivity contribution is 5.78. The van der Waals surface area contributed by atoms with Crippen molar-refractivity contribution in [2.75, 3.05) is 0 Å². The summed E-state index contributed by atoms with van der Waals surface area (Å²) in [4.78, 5) is 10.6. The average molecular weight is 225 g/mol. The normalized spacial score (nSPS) is 16.2. The number of carbonyl (C=O) groups is 1. The molecule has 2 heteroatoms. The van der Waals surface area contributed by atoms with Crippen molar-refractivity contribution in [1.82, 2.24) is 0 Å². The number of aldehydes is 1. The van der Waals surface area contributed by atoms with E-state index in [2.05, 4.69) is 6.07 Å². The van der Waals surface area contributed by atoms with E-state index >= 15 is 0 Å². The van der Waals surface area contributed by atoms with Gasteiger partial charge in [0.25, 0.3) is 0 Å². The van der Waals surface area contributed by atoms with Gasteiger partial charge in [0, 0.05) is 11.1 Å². The van der Waals surface area contributed by atoms with Crippen molar-refractivity contribution in [3.05, 3.63) is 41.0 Å². The van der Waals surface area contributed by atoms with Crippen LogP contribution in [0.4, 0.5) is 0 Å². The lowest BCUT2D eigenvalue weighted by Gasteiger charge is -2.07. The second-order valence-corrected chi connectivity index (χ2v) is 4.37. The van der Waals surface area contributed by atoms with E-state index in [1.165, 1.54) is 12.0 Å². The largest absolute Gasteiger partial charge is 0.298 e. The molecule has 0 amide bonds. The minimum atomic E-state index is 0.682. The van der Waals surface area contributed by atoms with Crippen LogP contribution in [0, 0.1) is 11.3 Å². The number of nitrogens with zero attached hydrogens (tertiary/aromatic N) is 1. The summed E-state index contributed by atoms with van der Waals surface area (Å²) in [5.74, 6) is 0. The molecule has 1 aromatic rings. The van der Waals surface area contributed by atoms with E-state index in [1.807, 2.05) is 24.3 Å². The van der Waals surface area contributed by atoms with Gasteiger partial charge in [0.2, 0.25) is 0 Å². The topological polar surface area (TPSA) is 40.9 Å². The van der Waals surface area contributed by atoms with Gasteiger partial charge in [0.15, 0.2) is 0 Å². The van der Waals surface area contributed by atoms with Gasteiger partial charge >= 0.3 is 0 Å². The lowest BCUT2D eigenvalue weighted by molar-refractivity contribution is 0.112. The van der Waals surface area contributed by atoms with Gasteiger partial charge in [0.05, 0.1) is 6.07 Å². The van der Waals surface area contributed by atoms with Crippen molar-refractivity contribution in [1.29, 1.82) is 5.26 Å². The molecule has 86 valence electrons. The number of rotatable bonds is 2. The van der Waals surface area contributed by atoms with Gasteiger partial charge in [-0.15, -0.1) is 0 Å². The third-order valence-corrected chi connectivity index (χ3v) is 3.25. The van der Waals surface area contributed by atoms with Crippen molar-refractivity contribution in [3.8, 4) is 6.07 Å². The van der Waals surface area contributed by atoms with E-state index in [9.17, 15) is 10.1 Å². The fourth-order valence-electron chi connectivity index (χ4n) is 2.29. The Balaban J connectivity index is 2.38. The van der Waals surface area contributed by atoms with E-state index in [1.54, 1.807) is 0 Å². The Bertz CT molecular complexity index is 477. The second kappa shape index (κ2) is 5.45. The molecule has 0 saturated carbocycles. The third-order valence-electron chi connectivity index (χ3n) is 3.25. The molecule has 0 bridgehead atoms. The fraction of sp³-hybridized carbons (Fsp3) is 0.333. The van der Waals surface area contributed by atoms with E-state index in [-0.39, 0.29) is 0 Å². The Hall–Kier alpha value is -1.88. The minimum Gasteiger partial charge on any atom is -0.298 e. The molecule has 0 atom stereocenters. The summed E-state index contributed by atoms with van der Waals surface area (Å²) in [5, 5.41) is 9.18. The van der Waals surface area contributed by atoms with Crippen molar-refractivity contribution in [2.45, 2.75) is 32.1 Å². The van der Waals surface area contributed by atoms with Crippen LogP contribution in [0.2, 0.25) is 0 Å². The van der Waals surface area contributed by atoms with Crippen LogP contribution in [0.1, 0.15) is 48.0 Å². The molecule has 1 aromatic carbocycles. The SMILES string of the molecule is N#CC1=C(c2ccc(C=O)cc2)CCCCC1. The first kappa shape index (κ1) is 11.6. The van der Waals surface area contributed by atoms with E-state index in [4.69, 9.17) is 0 Å². The number of allylic oxidation sites excluding steroid dienone is 2. The van der Waals surface area contributed by atoms with Crippen molar-refractivity contribution >= 4 is 11.9 Å². The van der Waals surface area contributed by atoms with Crippen LogP contribution in [0.5, 0.6) is 0 Å². The predicted octanol–water partition coefficient (Wildman–Crippen LogP) is 3.74. The molecule has 1 aliphatic rings. The highest BCUT2D eigenvalue weighted by Gasteiger charge is 2.12. The maximum atomic E-state index is 10.6. The van der Waals surface area contributed by atoms with Gasteiger partial charge in [0.1, 0.15) is 6.29 Å². The van der Waals surface area contributed by atoms with Crippen molar-refractivity contribution < 1.29 is 4.79 Å². The lowest BCUT2D eigenvalue weighted by atomic mass is 9.96. The predicted molar refractivity (Wildman–Crippen MR) is 67.4 cm³/mol. The molecule has 0 aliphatic heterocycles. The summed E-state index contributed by atoms with van der Waals surface area (Å²) < 4.78 is 0. The molecule has 1 aliphatic carbocycles. The zero-order chi connectivity index (χ0) is 12.1. The smallest absolute Gasteiger partial charge is 0.150 e. The first-order chi connectivity index (χ1) is 8.35. The fourth-order valence-corrected chi connectivity index (χ4v) is 2.29. The van der Waals surface area contributed by atoms with Crippen LogP contribution in [-0.2, 0) is 0 Å². The molecule has 0 saturated heterocycles. The van der Waals surface area contributed by atoms with Gasteiger partial charge < -0.3 is 0 Å². The standard InChI is InChI=1S/C15H15NO/c16-10-14-4-2-1-3-5-15(14)13-8-6-12(11-17)7-9-13/h6-9,11H,1-5H2. The van der Waals surface area contributed by atoms with Gasteiger partial charge in [-0.3, -0.25) is 4.79 Å². The minimum absolute atomic E-state index is 0.682. The molecule has 0 aromatic heterocycles. The zero-order valence-corrected chi connectivity index (χ0v) is 9.78. The van der Waals surface area contributed by atoms with Crippen LogP contribution in [-0.4, -0.2) is 6.29 Å². The molecule has 0 heterocycles. The number of nitriles is 1. The lowest BCUT2D eigenvalue weighted by Crippen LogP contribution is -1.90. The molecule has 17 heavy (non-hydrogen) atoms. The van der Waals surface area contributed by atoms with Gasteiger partial charge in [-0.2, -0.15) is 5.26 Å². The van der Waals surface area contributed by atoms with Gasteiger partial charge in [-0.1, -0.05) is 30.7 Å². The van der Waals surface area contributed by atoms with Gasteiger partial charge in [-0.05, 0) is 36.8 Å². The zero-order valence-electron chi connectivity index (χ0n) is 9.78. The second-order valence-electron chi connectivity index (χ2n) is 4.37. The number of hydrogen-bond donors (Lipinski definition) is 0. The molecule has 0 fully saturated rings. The van der Waals surface area contributed by atoms with Crippen LogP contribution in [0.3, 0.4) is 0 Å². The maximum absolute atomic E-state index is 10.6. The molecule has 2 nitrogen and oxygen atoms in total. The molecule has 0 spiro atoms. The number of benzene rings is 1. The first-order valence-electron chi connectivity index (χ1n) is 6.03. The average Bonchev–Trinajstić information content (AvgIpc) is 2.64. The Morgan fingerprint density at radius 2 is 1.76 bits per heavy atom. The molecule has 0 unspecified atom stereocenters. The Labute approximate surface area is 102 Å². The number of hydrogen-bond acceptors (Lipinski definition) is 2. The first-order valence-corrected chi connectivity index (χ1v) is 6.03. The molecular formula is C15H15NO. The van der Waals surface area contributed by atoms with Crippen molar-refractivity contribution in [3.63, 3.8) is 0 Å². The molecule has 2 rings (SSSR count). The summed E-state index contributed by atoms with van der Waals surface area (Å²) in [7, 11) is 0. The summed E-state index contributed by atoms with van der Waals surface area (Å²) in [5.41, 5.74) is 3.86. The molecular weight excluding hydrogens is 210 g/mol. The van der Waals surface area contributed by atoms with Crippen LogP contribution in [0.15, 0.2) is 29.8 Å². The highest BCUT2D eigenvalue weighted by atomic mass is 16.1. The summed E-state index contributed by atoms with van der Waals surface area (Å²) >= 11 is 0. The summed E-state index contributed by atoms with van der Waals surface area (Å²) in [6.45, 7) is 0. The maximum Gasteiger partial charge on any atom is 0.150 e. The molecule has 0 N–H and O–H groups in total. The molecule has 0 radical (unpaired) electrons. The van der Waals surface area contributed by atoms with Crippen LogP contribution in [0.25, 0.3) is 5.57 Å². The van der Waals surface area contributed by atoms with E-state index in [0.29, 0.717) is 5.56 Å². The summed E-state index contributed by atoms with van der Waals surface area (Å²) in [6, 6.07) is 9.85. The number of carbonyl (C=O) groups excluding carboxylic acids is 1. The van der Waals surface area contributed by atoms with Crippen molar-refractivity contribution in [2.24, 2.45) is 0 Å². The van der Waals surface area contributed by atoms with Gasteiger partial charge in [-0.25, -0.2) is 0 Å². The van der Waals surface area contributed by atoms with Crippen LogP contribution < -0.4 is 0 Å². The Morgan fingerprint density at radius 1 is 1.06 bits per heavy atom. The Morgan fingerprint density at radius 3 is 2.41 bits per heavy atom.